The Balaban J connectivity index is 1.65. The van der Waals surface area contributed by atoms with Crippen molar-refractivity contribution in [2.24, 2.45) is 0 Å². The molecule has 31 heavy (non-hydrogen) atoms. The van der Waals surface area contributed by atoms with E-state index in [-0.39, 0.29) is 17.4 Å². The lowest BCUT2D eigenvalue weighted by atomic mass is 10.1. The van der Waals surface area contributed by atoms with Crippen LogP contribution in [0.15, 0.2) is 73.2 Å². The highest BCUT2D eigenvalue weighted by molar-refractivity contribution is 6.31. The number of rotatable bonds is 6. The van der Waals surface area contributed by atoms with Gasteiger partial charge in [-0.15, -0.1) is 0 Å². The Hall–Kier alpha value is -3.71. The summed E-state index contributed by atoms with van der Waals surface area (Å²) in [5.41, 5.74) is 9.60. The van der Waals surface area contributed by atoms with Crippen LogP contribution in [-0.4, -0.2) is 37.6 Å². The van der Waals surface area contributed by atoms with Crippen molar-refractivity contribution >= 4 is 23.3 Å². The number of nitrogens with zero attached hydrogens (tertiary/aromatic N) is 5. The van der Waals surface area contributed by atoms with Gasteiger partial charge in [0.05, 0.1) is 12.2 Å². The van der Waals surface area contributed by atoms with Gasteiger partial charge in [-0.05, 0) is 11.6 Å². The summed E-state index contributed by atoms with van der Waals surface area (Å²) in [4.78, 5) is 22.4. The quantitative estimate of drug-likeness (QED) is 0.499. The Morgan fingerprint density at radius 3 is 2.48 bits per heavy atom. The second-order valence-electron chi connectivity index (χ2n) is 7.11. The normalized spacial score (nSPS) is 10.8. The molecule has 4 aromatic rings. The van der Waals surface area contributed by atoms with Gasteiger partial charge in [-0.25, -0.2) is 9.97 Å². The minimum Gasteiger partial charge on any atom is -0.382 e. The Bertz CT molecular complexity index is 1210. The summed E-state index contributed by atoms with van der Waals surface area (Å²) < 4.78 is 1.84. The first-order valence-corrected chi connectivity index (χ1v) is 10.1. The topological polar surface area (TPSA) is 89.9 Å². The molecule has 0 spiro atoms. The lowest BCUT2D eigenvalue weighted by molar-refractivity contribution is 0.0780. The molecule has 0 aliphatic carbocycles. The minimum atomic E-state index is -0.302. The fraction of sp³-hybridized carbons (Fsp3) is 0.130. The zero-order valence-electron chi connectivity index (χ0n) is 16.9. The number of anilines is 1. The smallest absolute Gasteiger partial charge is 0.276 e. The number of hydrogen-bond donors (Lipinski definition) is 1. The number of nitrogen functional groups attached to an aromatic ring is 1. The lowest BCUT2D eigenvalue weighted by Crippen LogP contribution is -2.28. The lowest BCUT2D eigenvalue weighted by Gasteiger charge is -2.17. The van der Waals surface area contributed by atoms with Gasteiger partial charge in [0.1, 0.15) is 0 Å². The molecule has 1 amide bonds. The molecular formula is C23H21ClN6O. The third-order valence-electron chi connectivity index (χ3n) is 4.86. The molecule has 0 saturated carbocycles. The van der Waals surface area contributed by atoms with Crippen LogP contribution in [0.5, 0.6) is 0 Å². The predicted molar refractivity (Wildman–Crippen MR) is 120 cm³/mol. The van der Waals surface area contributed by atoms with Gasteiger partial charge in [0.15, 0.2) is 11.5 Å². The molecule has 2 aromatic heterocycles. The maximum absolute atomic E-state index is 12.9. The summed E-state index contributed by atoms with van der Waals surface area (Å²) in [7, 11) is 1.70. The number of aromatic nitrogens is 4. The average Bonchev–Trinajstić information content (AvgIpc) is 3.18. The number of halogens is 1. The molecular weight excluding hydrogens is 412 g/mol. The van der Waals surface area contributed by atoms with Crippen molar-refractivity contribution in [2.75, 3.05) is 12.8 Å². The molecule has 0 unspecified atom stereocenters. The second kappa shape index (κ2) is 8.97. The molecule has 0 fully saturated rings. The van der Waals surface area contributed by atoms with Gasteiger partial charge >= 0.3 is 0 Å². The predicted octanol–water partition coefficient (Wildman–Crippen LogP) is 3.90. The van der Waals surface area contributed by atoms with Crippen LogP contribution >= 0.6 is 11.6 Å². The van der Waals surface area contributed by atoms with Gasteiger partial charge in [-0.1, -0.05) is 60.1 Å². The highest BCUT2D eigenvalue weighted by atomic mass is 35.5. The Morgan fingerprint density at radius 2 is 1.74 bits per heavy atom. The van der Waals surface area contributed by atoms with E-state index >= 15 is 0 Å². The number of carbonyl (C=O) groups excluding carboxylic acids is 1. The van der Waals surface area contributed by atoms with E-state index in [1.54, 1.807) is 11.9 Å². The maximum Gasteiger partial charge on any atom is 0.276 e. The third-order valence-corrected chi connectivity index (χ3v) is 5.23. The molecule has 0 aliphatic heterocycles. The minimum absolute atomic E-state index is 0.108. The standard InChI is InChI=1S/C23H21ClN6O/c1-29(23(31)21-22(25)27-12-11-26-21)13-18-15-30(14-17-9-5-6-10-19(17)24)28-20(18)16-7-3-2-4-8-16/h2-12,15H,13-14H2,1H3,(H2,25,27). The van der Waals surface area contributed by atoms with Crippen LogP contribution < -0.4 is 5.73 Å². The first-order valence-electron chi connectivity index (χ1n) is 9.70. The largest absolute Gasteiger partial charge is 0.382 e. The third kappa shape index (κ3) is 4.57. The number of hydrogen-bond acceptors (Lipinski definition) is 5. The Labute approximate surface area is 185 Å². The van der Waals surface area contributed by atoms with Gasteiger partial charge in [-0.3, -0.25) is 9.48 Å². The van der Waals surface area contributed by atoms with Crippen molar-refractivity contribution in [3.05, 3.63) is 95.0 Å². The van der Waals surface area contributed by atoms with Crippen molar-refractivity contribution in [2.45, 2.75) is 13.1 Å². The van der Waals surface area contributed by atoms with Gasteiger partial charge in [-0.2, -0.15) is 5.10 Å². The zero-order valence-corrected chi connectivity index (χ0v) is 17.7. The fourth-order valence-electron chi connectivity index (χ4n) is 3.32. The summed E-state index contributed by atoms with van der Waals surface area (Å²) in [6, 6.07) is 17.5. The molecule has 2 aromatic carbocycles. The van der Waals surface area contributed by atoms with Crippen molar-refractivity contribution in [1.29, 1.82) is 0 Å². The molecule has 4 rings (SSSR count). The molecule has 0 bridgehead atoms. The van der Waals surface area contributed by atoms with Crippen LogP contribution in [0, 0.1) is 0 Å². The highest BCUT2D eigenvalue weighted by Gasteiger charge is 2.20. The number of benzene rings is 2. The molecule has 0 aliphatic rings. The van der Waals surface area contributed by atoms with Crippen LogP contribution in [0.2, 0.25) is 5.02 Å². The molecule has 7 nitrogen and oxygen atoms in total. The monoisotopic (exact) mass is 432 g/mol. The van der Waals surface area contributed by atoms with E-state index in [0.29, 0.717) is 18.1 Å². The summed E-state index contributed by atoms with van der Waals surface area (Å²) in [6.07, 6.45) is 4.85. The summed E-state index contributed by atoms with van der Waals surface area (Å²) >= 11 is 6.33. The summed E-state index contributed by atoms with van der Waals surface area (Å²) in [5.74, 6) is -0.194. The van der Waals surface area contributed by atoms with Gasteiger partial charge in [0.25, 0.3) is 5.91 Å². The van der Waals surface area contributed by atoms with Crippen LogP contribution in [0.3, 0.4) is 0 Å². The summed E-state index contributed by atoms with van der Waals surface area (Å²) in [6.45, 7) is 0.857. The van der Waals surface area contributed by atoms with E-state index in [1.165, 1.54) is 12.4 Å². The van der Waals surface area contributed by atoms with E-state index in [2.05, 4.69) is 9.97 Å². The first kappa shape index (κ1) is 20.6. The maximum atomic E-state index is 12.9. The highest BCUT2D eigenvalue weighted by Crippen LogP contribution is 2.25. The molecule has 8 heteroatoms. The van der Waals surface area contributed by atoms with Crippen molar-refractivity contribution in [3.8, 4) is 11.3 Å². The van der Waals surface area contributed by atoms with Crippen molar-refractivity contribution in [3.63, 3.8) is 0 Å². The van der Waals surface area contributed by atoms with E-state index in [9.17, 15) is 4.79 Å². The van der Waals surface area contributed by atoms with Crippen molar-refractivity contribution < 1.29 is 4.79 Å². The average molecular weight is 433 g/mol. The molecule has 2 heterocycles. The van der Waals surface area contributed by atoms with E-state index in [4.69, 9.17) is 22.4 Å². The zero-order chi connectivity index (χ0) is 21.8. The van der Waals surface area contributed by atoms with Crippen LogP contribution in [-0.2, 0) is 13.1 Å². The molecule has 0 atom stereocenters. The molecule has 2 N–H and O–H groups in total. The molecule has 0 radical (unpaired) electrons. The number of amides is 1. The number of nitrogens with two attached hydrogens (primary N) is 1. The van der Waals surface area contributed by atoms with Gasteiger partial charge in [0, 0.05) is 48.3 Å². The van der Waals surface area contributed by atoms with Crippen LogP contribution in [0.25, 0.3) is 11.3 Å². The first-order chi connectivity index (χ1) is 15.0. The van der Waals surface area contributed by atoms with Crippen LogP contribution in [0.4, 0.5) is 5.82 Å². The van der Waals surface area contributed by atoms with E-state index in [1.807, 2.05) is 65.5 Å². The fourth-order valence-corrected chi connectivity index (χ4v) is 3.52. The van der Waals surface area contributed by atoms with Gasteiger partial charge in [0.2, 0.25) is 0 Å². The number of carbonyl (C=O) groups is 1. The van der Waals surface area contributed by atoms with Crippen molar-refractivity contribution in [1.82, 2.24) is 24.6 Å². The Morgan fingerprint density at radius 1 is 1.03 bits per heavy atom. The van der Waals surface area contributed by atoms with E-state index < -0.39 is 0 Å². The SMILES string of the molecule is CN(Cc1cn(Cc2ccccc2Cl)nc1-c1ccccc1)C(=O)c1nccnc1N. The second-order valence-corrected chi connectivity index (χ2v) is 7.52. The van der Waals surface area contributed by atoms with Crippen LogP contribution in [0.1, 0.15) is 21.6 Å². The molecule has 0 saturated heterocycles. The molecule has 156 valence electrons. The Kier molecular flexibility index (Phi) is 5.95. The van der Waals surface area contributed by atoms with E-state index in [0.717, 1.165) is 22.4 Å². The van der Waals surface area contributed by atoms with Gasteiger partial charge < -0.3 is 10.6 Å². The summed E-state index contributed by atoms with van der Waals surface area (Å²) in [5, 5.41) is 5.47.